The number of halogens is 1. The second-order valence-electron chi connectivity index (χ2n) is 4.42. The summed E-state index contributed by atoms with van der Waals surface area (Å²) in [5.41, 5.74) is 1.10. The number of esters is 1. The minimum absolute atomic E-state index is 0.189. The predicted molar refractivity (Wildman–Crippen MR) is 62.0 cm³/mol. The first-order valence-electron chi connectivity index (χ1n) is 5.74. The van der Waals surface area contributed by atoms with Crippen LogP contribution in [-0.4, -0.2) is 25.7 Å². The van der Waals surface area contributed by atoms with Crippen molar-refractivity contribution in [3.05, 3.63) is 35.6 Å². The lowest BCUT2D eigenvalue weighted by atomic mass is 9.97. The number of ether oxygens (including phenoxy) is 1. The first-order chi connectivity index (χ1) is 8.19. The Hall–Kier alpha value is -1.42. The molecule has 2 rings (SSSR count). The van der Waals surface area contributed by atoms with Crippen LogP contribution >= 0.6 is 0 Å². The predicted octanol–water partition coefficient (Wildman–Crippen LogP) is 1.52. The molecule has 1 fully saturated rings. The zero-order valence-corrected chi connectivity index (χ0v) is 9.78. The van der Waals surface area contributed by atoms with Crippen molar-refractivity contribution in [3.8, 4) is 0 Å². The van der Waals surface area contributed by atoms with Gasteiger partial charge >= 0.3 is 5.97 Å². The standard InChI is InChI=1S/C13H16FNO2/c1-17-13(16)12-7-10(8-15-12)6-9-2-4-11(14)5-3-9/h2-5,10,12,15H,6-8H2,1H3. The zero-order valence-electron chi connectivity index (χ0n) is 9.78. The highest BCUT2D eigenvalue weighted by Crippen LogP contribution is 2.20. The van der Waals surface area contributed by atoms with Gasteiger partial charge in [-0.05, 0) is 43.0 Å². The van der Waals surface area contributed by atoms with Gasteiger partial charge in [0.15, 0.2) is 0 Å². The lowest BCUT2D eigenvalue weighted by molar-refractivity contribution is -0.142. The molecule has 0 saturated carbocycles. The molecular weight excluding hydrogens is 221 g/mol. The molecule has 0 bridgehead atoms. The molecule has 92 valence electrons. The highest BCUT2D eigenvalue weighted by atomic mass is 19.1. The molecule has 1 N–H and O–H groups in total. The monoisotopic (exact) mass is 237 g/mol. The van der Waals surface area contributed by atoms with Crippen molar-refractivity contribution in [2.24, 2.45) is 5.92 Å². The molecule has 17 heavy (non-hydrogen) atoms. The van der Waals surface area contributed by atoms with Gasteiger partial charge in [-0.15, -0.1) is 0 Å². The summed E-state index contributed by atoms with van der Waals surface area (Å²) in [6, 6.07) is 6.33. The highest BCUT2D eigenvalue weighted by molar-refractivity contribution is 5.76. The highest BCUT2D eigenvalue weighted by Gasteiger charge is 2.29. The maximum atomic E-state index is 12.7. The molecular formula is C13H16FNO2. The summed E-state index contributed by atoms with van der Waals surface area (Å²) in [5, 5.41) is 3.14. The Kier molecular flexibility index (Phi) is 3.74. The molecule has 1 saturated heterocycles. The van der Waals surface area contributed by atoms with E-state index < -0.39 is 0 Å². The van der Waals surface area contributed by atoms with Gasteiger partial charge in [-0.1, -0.05) is 12.1 Å². The van der Waals surface area contributed by atoms with Gasteiger partial charge in [0, 0.05) is 0 Å². The molecule has 0 aromatic heterocycles. The minimum atomic E-state index is -0.217. The molecule has 4 heteroatoms. The largest absolute Gasteiger partial charge is 0.468 e. The second-order valence-corrected chi connectivity index (χ2v) is 4.42. The molecule has 1 aromatic rings. The van der Waals surface area contributed by atoms with Crippen molar-refractivity contribution >= 4 is 5.97 Å². The van der Waals surface area contributed by atoms with E-state index in [9.17, 15) is 9.18 Å². The summed E-state index contributed by atoms with van der Waals surface area (Å²) in [5.74, 6) is -0.0121. The van der Waals surface area contributed by atoms with E-state index in [4.69, 9.17) is 4.74 Å². The fourth-order valence-electron chi connectivity index (χ4n) is 2.24. The Morgan fingerprint density at radius 1 is 1.47 bits per heavy atom. The Morgan fingerprint density at radius 3 is 2.82 bits per heavy atom. The number of carbonyl (C=O) groups is 1. The number of rotatable bonds is 3. The molecule has 2 atom stereocenters. The smallest absolute Gasteiger partial charge is 0.322 e. The Balaban J connectivity index is 1.89. The van der Waals surface area contributed by atoms with E-state index in [0.717, 1.165) is 24.9 Å². The van der Waals surface area contributed by atoms with Gasteiger partial charge in [0.05, 0.1) is 7.11 Å². The Labute approximate surface area is 100.0 Å². The maximum Gasteiger partial charge on any atom is 0.322 e. The van der Waals surface area contributed by atoms with Crippen LogP contribution in [0.25, 0.3) is 0 Å². The first kappa shape index (κ1) is 12.0. The fourth-order valence-corrected chi connectivity index (χ4v) is 2.24. The number of methoxy groups -OCH3 is 1. The molecule has 0 amide bonds. The molecule has 0 aliphatic carbocycles. The number of benzene rings is 1. The van der Waals surface area contributed by atoms with Crippen LogP contribution in [0.5, 0.6) is 0 Å². The lowest BCUT2D eigenvalue weighted by Crippen LogP contribution is -2.31. The van der Waals surface area contributed by atoms with Gasteiger partial charge in [0.2, 0.25) is 0 Å². The van der Waals surface area contributed by atoms with Crippen LogP contribution in [0.2, 0.25) is 0 Å². The topological polar surface area (TPSA) is 38.3 Å². The van der Waals surface area contributed by atoms with Crippen molar-refractivity contribution in [2.45, 2.75) is 18.9 Å². The van der Waals surface area contributed by atoms with Crippen LogP contribution in [0.4, 0.5) is 4.39 Å². The zero-order chi connectivity index (χ0) is 12.3. The van der Waals surface area contributed by atoms with E-state index in [1.165, 1.54) is 19.2 Å². The molecule has 0 spiro atoms. The van der Waals surface area contributed by atoms with Crippen LogP contribution in [-0.2, 0) is 16.0 Å². The number of carbonyl (C=O) groups excluding carboxylic acids is 1. The van der Waals surface area contributed by atoms with E-state index in [-0.39, 0.29) is 17.8 Å². The molecule has 3 nitrogen and oxygen atoms in total. The van der Waals surface area contributed by atoms with Crippen molar-refractivity contribution in [1.82, 2.24) is 5.32 Å². The number of hydrogen-bond acceptors (Lipinski definition) is 3. The normalized spacial score (nSPS) is 23.6. The summed E-state index contributed by atoms with van der Waals surface area (Å²) < 4.78 is 17.4. The minimum Gasteiger partial charge on any atom is -0.468 e. The third-order valence-electron chi connectivity index (χ3n) is 3.15. The average Bonchev–Trinajstić information content (AvgIpc) is 2.80. The summed E-state index contributed by atoms with van der Waals surface area (Å²) in [7, 11) is 1.40. The summed E-state index contributed by atoms with van der Waals surface area (Å²) in [6.45, 7) is 0.803. The van der Waals surface area contributed by atoms with Gasteiger partial charge in [-0.25, -0.2) is 4.39 Å². The maximum absolute atomic E-state index is 12.7. The molecule has 1 aliphatic rings. The van der Waals surface area contributed by atoms with Gasteiger partial charge in [0.1, 0.15) is 11.9 Å². The van der Waals surface area contributed by atoms with Crippen LogP contribution in [0.15, 0.2) is 24.3 Å². The number of hydrogen-bond donors (Lipinski definition) is 1. The third kappa shape index (κ3) is 3.03. The van der Waals surface area contributed by atoms with Gasteiger partial charge in [0.25, 0.3) is 0 Å². The van der Waals surface area contributed by atoms with Crippen LogP contribution in [0.3, 0.4) is 0 Å². The SMILES string of the molecule is COC(=O)C1CC(Cc2ccc(F)cc2)CN1. The number of nitrogens with one attached hydrogen (secondary N) is 1. The fraction of sp³-hybridized carbons (Fsp3) is 0.462. The van der Waals surface area contributed by atoms with Gasteiger partial charge < -0.3 is 10.1 Å². The summed E-state index contributed by atoms with van der Waals surface area (Å²) in [6.07, 6.45) is 1.64. The Bertz CT molecular complexity index is 391. The molecule has 1 aliphatic heterocycles. The average molecular weight is 237 g/mol. The van der Waals surface area contributed by atoms with E-state index >= 15 is 0 Å². The molecule has 1 aromatic carbocycles. The quantitative estimate of drug-likeness (QED) is 0.810. The molecule has 2 unspecified atom stereocenters. The summed E-state index contributed by atoms with van der Waals surface area (Å²) in [4.78, 5) is 11.3. The van der Waals surface area contributed by atoms with Crippen molar-refractivity contribution in [1.29, 1.82) is 0 Å². The third-order valence-corrected chi connectivity index (χ3v) is 3.15. The van der Waals surface area contributed by atoms with Crippen LogP contribution in [0.1, 0.15) is 12.0 Å². The second kappa shape index (κ2) is 5.27. The van der Waals surface area contributed by atoms with E-state index in [2.05, 4.69) is 5.32 Å². The van der Waals surface area contributed by atoms with Crippen molar-refractivity contribution in [3.63, 3.8) is 0 Å². The van der Waals surface area contributed by atoms with E-state index in [0.29, 0.717) is 5.92 Å². The van der Waals surface area contributed by atoms with Gasteiger partial charge in [-0.3, -0.25) is 4.79 Å². The lowest BCUT2D eigenvalue weighted by Gasteiger charge is -2.09. The van der Waals surface area contributed by atoms with E-state index in [1.807, 2.05) is 0 Å². The summed E-state index contributed by atoms with van der Waals surface area (Å²) >= 11 is 0. The first-order valence-corrected chi connectivity index (χ1v) is 5.74. The van der Waals surface area contributed by atoms with Gasteiger partial charge in [-0.2, -0.15) is 0 Å². The van der Waals surface area contributed by atoms with Crippen LogP contribution < -0.4 is 5.32 Å². The Morgan fingerprint density at radius 2 is 2.18 bits per heavy atom. The van der Waals surface area contributed by atoms with E-state index in [1.54, 1.807) is 12.1 Å². The molecule has 1 heterocycles. The molecule has 0 radical (unpaired) electrons. The van der Waals surface area contributed by atoms with Crippen molar-refractivity contribution < 1.29 is 13.9 Å². The van der Waals surface area contributed by atoms with Crippen LogP contribution in [0, 0.1) is 11.7 Å². The van der Waals surface area contributed by atoms with Crippen molar-refractivity contribution in [2.75, 3.05) is 13.7 Å².